The van der Waals surface area contributed by atoms with Gasteiger partial charge in [-0.3, -0.25) is 9.78 Å². The summed E-state index contributed by atoms with van der Waals surface area (Å²) < 4.78 is 0. The molecule has 1 aromatic heterocycles. The molecule has 0 unspecified atom stereocenters. The molecule has 1 aliphatic heterocycles. The van der Waals surface area contributed by atoms with Gasteiger partial charge >= 0.3 is 0 Å². The van der Waals surface area contributed by atoms with E-state index in [1.54, 1.807) is 12.4 Å². The van der Waals surface area contributed by atoms with Crippen molar-refractivity contribution in [3.63, 3.8) is 0 Å². The lowest BCUT2D eigenvalue weighted by molar-refractivity contribution is -0.119. The quantitative estimate of drug-likeness (QED) is 0.670. The summed E-state index contributed by atoms with van der Waals surface area (Å²) in [4.78, 5) is 14.8. The van der Waals surface area contributed by atoms with Crippen LogP contribution in [0.25, 0.3) is 0 Å². The van der Waals surface area contributed by atoms with E-state index in [1.165, 1.54) is 0 Å². The molecule has 3 heteroatoms. The average Bonchev–Trinajstić information content (AvgIpc) is 2.54. The number of amides is 1. The molecule has 1 amide bonds. The fraction of sp³-hybridized carbons (Fsp3) is 0.333. The molecular formula is C9H10N2O. The van der Waals surface area contributed by atoms with Crippen molar-refractivity contribution in [1.82, 2.24) is 10.3 Å². The zero-order valence-electron chi connectivity index (χ0n) is 6.66. The number of pyridine rings is 1. The summed E-state index contributed by atoms with van der Waals surface area (Å²) in [6.07, 6.45) is 5.05. The summed E-state index contributed by atoms with van der Waals surface area (Å²) in [5.74, 6) is 0.150. The van der Waals surface area contributed by atoms with Crippen LogP contribution in [0.2, 0.25) is 0 Å². The lowest BCUT2D eigenvalue weighted by atomic mass is 10.1. The third kappa shape index (κ3) is 1.30. The fourth-order valence-electron chi connectivity index (χ4n) is 1.46. The van der Waals surface area contributed by atoms with Crippen molar-refractivity contribution in [2.45, 2.75) is 18.9 Å². The van der Waals surface area contributed by atoms with E-state index in [0.29, 0.717) is 6.42 Å². The van der Waals surface area contributed by atoms with Crippen LogP contribution >= 0.6 is 0 Å². The van der Waals surface area contributed by atoms with Gasteiger partial charge in [0.2, 0.25) is 5.91 Å². The zero-order valence-corrected chi connectivity index (χ0v) is 6.66. The summed E-state index contributed by atoms with van der Waals surface area (Å²) in [7, 11) is 0. The highest BCUT2D eigenvalue weighted by molar-refractivity contribution is 5.78. The first-order valence-electron chi connectivity index (χ1n) is 4.05. The fourth-order valence-corrected chi connectivity index (χ4v) is 1.46. The lowest BCUT2D eigenvalue weighted by Crippen LogP contribution is -2.18. The molecule has 1 fully saturated rings. The van der Waals surface area contributed by atoms with E-state index in [4.69, 9.17) is 0 Å². The van der Waals surface area contributed by atoms with E-state index >= 15 is 0 Å². The van der Waals surface area contributed by atoms with Gasteiger partial charge in [0.25, 0.3) is 0 Å². The maximum atomic E-state index is 10.9. The van der Waals surface area contributed by atoms with Gasteiger partial charge in [-0.2, -0.15) is 0 Å². The predicted octanol–water partition coefficient (Wildman–Crippen LogP) is 1.03. The summed E-state index contributed by atoms with van der Waals surface area (Å²) >= 11 is 0. The van der Waals surface area contributed by atoms with Crippen molar-refractivity contribution in [2.24, 2.45) is 0 Å². The number of aromatic nitrogens is 1. The highest BCUT2D eigenvalue weighted by atomic mass is 16.1. The highest BCUT2D eigenvalue weighted by Gasteiger charge is 2.21. The van der Waals surface area contributed by atoms with Gasteiger partial charge in [0.05, 0.1) is 6.04 Å². The topological polar surface area (TPSA) is 42.0 Å². The van der Waals surface area contributed by atoms with Crippen LogP contribution in [0.15, 0.2) is 24.5 Å². The summed E-state index contributed by atoms with van der Waals surface area (Å²) in [6.45, 7) is 0. The molecule has 1 N–H and O–H groups in total. The van der Waals surface area contributed by atoms with E-state index in [2.05, 4.69) is 10.3 Å². The average molecular weight is 162 g/mol. The number of carbonyl (C=O) groups excluding carboxylic acids is 1. The molecule has 2 heterocycles. The monoisotopic (exact) mass is 162 g/mol. The van der Waals surface area contributed by atoms with Crippen molar-refractivity contribution in [3.05, 3.63) is 30.1 Å². The van der Waals surface area contributed by atoms with Crippen LogP contribution in [0.4, 0.5) is 0 Å². The normalized spacial score (nSPS) is 22.3. The highest BCUT2D eigenvalue weighted by Crippen LogP contribution is 2.22. The van der Waals surface area contributed by atoms with Crippen LogP contribution < -0.4 is 5.32 Å². The molecule has 0 radical (unpaired) electrons. The van der Waals surface area contributed by atoms with E-state index < -0.39 is 0 Å². The van der Waals surface area contributed by atoms with Gasteiger partial charge < -0.3 is 5.32 Å². The molecule has 3 nitrogen and oxygen atoms in total. The molecule has 0 saturated carbocycles. The molecule has 2 rings (SSSR count). The minimum absolute atomic E-state index is 0.150. The Morgan fingerprint density at radius 1 is 1.42 bits per heavy atom. The van der Waals surface area contributed by atoms with Crippen molar-refractivity contribution in [3.8, 4) is 0 Å². The van der Waals surface area contributed by atoms with Crippen LogP contribution in [0.3, 0.4) is 0 Å². The van der Waals surface area contributed by atoms with Gasteiger partial charge in [0.1, 0.15) is 0 Å². The van der Waals surface area contributed by atoms with Crippen LogP contribution in [0.1, 0.15) is 24.4 Å². The number of rotatable bonds is 1. The van der Waals surface area contributed by atoms with Gasteiger partial charge in [-0.05, 0) is 24.1 Å². The van der Waals surface area contributed by atoms with Crippen LogP contribution in [-0.2, 0) is 4.79 Å². The minimum Gasteiger partial charge on any atom is -0.349 e. The molecule has 1 aliphatic rings. The van der Waals surface area contributed by atoms with Crippen molar-refractivity contribution in [2.75, 3.05) is 0 Å². The smallest absolute Gasteiger partial charge is 0.220 e. The van der Waals surface area contributed by atoms with Crippen LogP contribution in [-0.4, -0.2) is 10.9 Å². The summed E-state index contributed by atoms with van der Waals surface area (Å²) in [6, 6.07) is 4.09. The Morgan fingerprint density at radius 3 is 2.75 bits per heavy atom. The molecule has 0 aromatic carbocycles. The third-order valence-corrected chi connectivity index (χ3v) is 2.10. The first kappa shape index (κ1) is 7.28. The summed E-state index contributed by atoms with van der Waals surface area (Å²) in [5, 5.41) is 2.90. The van der Waals surface area contributed by atoms with Crippen molar-refractivity contribution in [1.29, 1.82) is 0 Å². The molecule has 0 spiro atoms. The zero-order chi connectivity index (χ0) is 8.39. The molecule has 1 atom stereocenters. The standard InChI is InChI=1S/C9H10N2O/c12-9-2-1-8(11-9)7-3-5-10-6-4-7/h3-6,8H,1-2H2,(H,11,12)/t8-/m0/s1. The van der Waals surface area contributed by atoms with Gasteiger partial charge in [0.15, 0.2) is 0 Å². The van der Waals surface area contributed by atoms with Crippen molar-refractivity contribution < 1.29 is 4.79 Å². The Labute approximate surface area is 70.8 Å². The third-order valence-electron chi connectivity index (χ3n) is 2.10. The van der Waals surface area contributed by atoms with Gasteiger partial charge in [-0.1, -0.05) is 0 Å². The number of hydrogen-bond donors (Lipinski definition) is 1. The van der Waals surface area contributed by atoms with E-state index in [1.807, 2.05) is 12.1 Å². The number of carbonyl (C=O) groups is 1. The van der Waals surface area contributed by atoms with Gasteiger partial charge in [0, 0.05) is 18.8 Å². The van der Waals surface area contributed by atoms with Crippen LogP contribution in [0.5, 0.6) is 0 Å². The maximum absolute atomic E-state index is 10.9. The molecule has 62 valence electrons. The number of nitrogens with zero attached hydrogens (tertiary/aromatic N) is 1. The van der Waals surface area contributed by atoms with E-state index in [9.17, 15) is 4.79 Å². The molecule has 1 saturated heterocycles. The SMILES string of the molecule is O=C1CC[C@@H](c2ccncc2)N1. The van der Waals surface area contributed by atoms with Gasteiger partial charge in [-0.15, -0.1) is 0 Å². The number of hydrogen-bond acceptors (Lipinski definition) is 2. The Kier molecular flexibility index (Phi) is 1.78. The first-order valence-corrected chi connectivity index (χ1v) is 4.05. The lowest BCUT2D eigenvalue weighted by Gasteiger charge is -2.08. The van der Waals surface area contributed by atoms with Crippen molar-refractivity contribution >= 4 is 5.91 Å². The van der Waals surface area contributed by atoms with Crippen LogP contribution in [0, 0.1) is 0 Å². The summed E-state index contributed by atoms with van der Waals surface area (Å²) in [5.41, 5.74) is 1.15. The Hall–Kier alpha value is -1.38. The Morgan fingerprint density at radius 2 is 2.17 bits per heavy atom. The predicted molar refractivity (Wildman–Crippen MR) is 44.4 cm³/mol. The van der Waals surface area contributed by atoms with Gasteiger partial charge in [-0.25, -0.2) is 0 Å². The second-order valence-electron chi connectivity index (χ2n) is 2.94. The molecule has 1 aromatic rings. The molecule has 12 heavy (non-hydrogen) atoms. The largest absolute Gasteiger partial charge is 0.349 e. The Bertz CT molecular complexity index is 284. The van der Waals surface area contributed by atoms with E-state index in [-0.39, 0.29) is 11.9 Å². The maximum Gasteiger partial charge on any atom is 0.220 e. The molecular weight excluding hydrogens is 152 g/mol. The molecule has 0 bridgehead atoms. The number of nitrogens with one attached hydrogen (secondary N) is 1. The van der Waals surface area contributed by atoms with E-state index in [0.717, 1.165) is 12.0 Å². The molecule has 0 aliphatic carbocycles. The first-order chi connectivity index (χ1) is 5.86. The second kappa shape index (κ2) is 2.93. The second-order valence-corrected chi connectivity index (χ2v) is 2.94. The minimum atomic E-state index is 0.150. The Balaban J connectivity index is 2.16.